The number of nitrogens with zero attached hydrogens (tertiary/aromatic N) is 3. The van der Waals surface area contributed by atoms with Crippen molar-refractivity contribution in [3.8, 4) is 0 Å². The SMILES string of the molecule is Cc1nnc(NC(=O)c2cnc[nH]2)s1. The fourth-order valence-electron chi connectivity index (χ4n) is 0.892. The second-order valence-corrected chi connectivity index (χ2v) is 3.73. The number of aryl methyl sites for hydroxylation is 1. The van der Waals surface area contributed by atoms with Crippen molar-refractivity contribution < 1.29 is 4.79 Å². The number of imidazole rings is 1. The van der Waals surface area contributed by atoms with E-state index in [2.05, 4.69) is 25.5 Å². The van der Waals surface area contributed by atoms with E-state index in [-0.39, 0.29) is 5.91 Å². The molecule has 0 bridgehead atoms. The van der Waals surface area contributed by atoms with Gasteiger partial charge >= 0.3 is 0 Å². The molecule has 0 radical (unpaired) electrons. The predicted octanol–water partition coefficient (Wildman–Crippen LogP) is 0.822. The van der Waals surface area contributed by atoms with E-state index < -0.39 is 0 Å². The van der Waals surface area contributed by atoms with Gasteiger partial charge in [0.05, 0.1) is 12.5 Å². The van der Waals surface area contributed by atoms with Gasteiger partial charge in [0.1, 0.15) is 10.7 Å². The highest BCUT2D eigenvalue weighted by molar-refractivity contribution is 7.15. The zero-order chi connectivity index (χ0) is 9.97. The lowest BCUT2D eigenvalue weighted by Crippen LogP contribution is -2.11. The molecule has 2 N–H and O–H groups in total. The Labute approximate surface area is 83.4 Å². The van der Waals surface area contributed by atoms with Gasteiger partial charge in [-0.2, -0.15) is 0 Å². The summed E-state index contributed by atoms with van der Waals surface area (Å²) in [6, 6.07) is 0. The number of carbonyl (C=O) groups excluding carboxylic acids is 1. The molecule has 6 nitrogen and oxygen atoms in total. The van der Waals surface area contributed by atoms with Gasteiger partial charge in [0, 0.05) is 0 Å². The molecule has 0 fully saturated rings. The van der Waals surface area contributed by atoms with Gasteiger partial charge in [-0.1, -0.05) is 11.3 Å². The van der Waals surface area contributed by atoms with E-state index in [0.29, 0.717) is 10.8 Å². The number of H-pyrrole nitrogens is 1. The van der Waals surface area contributed by atoms with Crippen molar-refractivity contribution in [2.24, 2.45) is 0 Å². The minimum atomic E-state index is -0.265. The molecule has 72 valence electrons. The second kappa shape index (κ2) is 3.54. The minimum absolute atomic E-state index is 0.265. The second-order valence-electron chi connectivity index (χ2n) is 2.55. The quantitative estimate of drug-likeness (QED) is 0.767. The van der Waals surface area contributed by atoms with Gasteiger partial charge in [0.25, 0.3) is 5.91 Å². The zero-order valence-corrected chi connectivity index (χ0v) is 8.13. The molecule has 0 aliphatic carbocycles. The molecular weight excluding hydrogens is 202 g/mol. The van der Waals surface area contributed by atoms with E-state index in [1.165, 1.54) is 23.9 Å². The highest BCUT2D eigenvalue weighted by Crippen LogP contribution is 2.14. The van der Waals surface area contributed by atoms with Crippen LogP contribution in [-0.4, -0.2) is 26.1 Å². The normalized spacial score (nSPS) is 10.1. The van der Waals surface area contributed by atoms with Crippen molar-refractivity contribution in [3.63, 3.8) is 0 Å². The molecule has 2 aromatic rings. The number of carbonyl (C=O) groups is 1. The average molecular weight is 209 g/mol. The zero-order valence-electron chi connectivity index (χ0n) is 7.31. The van der Waals surface area contributed by atoms with Crippen LogP contribution in [0, 0.1) is 6.92 Å². The van der Waals surface area contributed by atoms with Crippen LogP contribution < -0.4 is 5.32 Å². The lowest BCUT2D eigenvalue weighted by atomic mass is 10.4. The van der Waals surface area contributed by atoms with Gasteiger partial charge in [-0.3, -0.25) is 10.1 Å². The fraction of sp³-hybridized carbons (Fsp3) is 0.143. The fourth-order valence-corrected chi connectivity index (χ4v) is 1.48. The molecule has 14 heavy (non-hydrogen) atoms. The average Bonchev–Trinajstić information content (AvgIpc) is 2.75. The van der Waals surface area contributed by atoms with E-state index in [1.807, 2.05) is 6.92 Å². The maximum Gasteiger partial charge on any atom is 0.275 e. The lowest BCUT2D eigenvalue weighted by Gasteiger charge is -1.95. The Bertz CT molecular complexity index is 435. The van der Waals surface area contributed by atoms with E-state index >= 15 is 0 Å². The summed E-state index contributed by atoms with van der Waals surface area (Å²) in [7, 11) is 0. The maximum absolute atomic E-state index is 11.4. The van der Waals surface area contributed by atoms with Gasteiger partial charge in [0.15, 0.2) is 0 Å². The first kappa shape index (κ1) is 8.82. The maximum atomic E-state index is 11.4. The molecule has 0 atom stereocenters. The minimum Gasteiger partial charge on any atom is -0.341 e. The molecular formula is C7H7N5OS. The summed E-state index contributed by atoms with van der Waals surface area (Å²) in [4.78, 5) is 17.9. The Morgan fingerprint density at radius 2 is 2.43 bits per heavy atom. The smallest absolute Gasteiger partial charge is 0.275 e. The number of nitrogens with one attached hydrogen (secondary N) is 2. The number of hydrogen-bond donors (Lipinski definition) is 2. The molecule has 0 unspecified atom stereocenters. The first-order valence-corrected chi connectivity index (χ1v) is 4.67. The molecule has 2 aromatic heterocycles. The van der Waals surface area contributed by atoms with Crippen LogP contribution in [-0.2, 0) is 0 Å². The predicted molar refractivity (Wildman–Crippen MR) is 51.2 cm³/mol. The Morgan fingerprint density at radius 1 is 1.57 bits per heavy atom. The van der Waals surface area contributed by atoms with Crippen molar-refractivity contribution in [1.29, 1.82) is 0 Å². The summed E-state index contributed by atoms with van der Waals surface area (Å²) in [5.41, 5.74) is 0.401. The van der Waals surface area contributed by atoms with Crippen LogP contribution in [0.15, 0.2) is 12.5 Å². The molecule has 0 aliphatic heterocycles. The Hall–Kier alpha value is -1.76. The summed E-state index contributed by atoms with van der Waals surface area (Å²) in [6.45, 7) is 1.82. The number of amides is 1. The van der Waals surface area contributed by atoms with E-state index in [4.69, 9.17) is 0 Å². The highest BCUT2D eigenvalue weighted by atomic mass is 32.1. The van der Waals surface area contributed by atoms with E-state index in [1.54, 1.807) is 0 Å². The van der Waals surface area contributed by atoms with Crippen LogP contribution in [0.2, 0.25) is 0 Å². The Kier molecular flexibility index (Phi) is 2.23. The van der Waals surface area contributed by atoms with Crippen LogP contribution in [0.4, 0.5) is 5.13 Å². The van der Waals surface area contributed by atoms with Crippen LogP contribution in [0.25, 0.3) is 0 Å². The molecule has 2 heterocycles. The largest absolute Gasteiger partial charge is 0.341 e. The molecule has 0 saturated heterocycles. The van der Waals surface area contributed by atoms with Crippen LogP contribution in [0.3, 0.4) is 0 Å². The van der Waals surface area contributed by atoms with Gasteiger partial charge in [0.2, 0.25) is 5.13 Å². The number of rotatable bonds is 2. The van der Waals surface area contributed by atoms with Crippen molar-refractivity contribution >= 4 is 22.4 Å². The third-order valence-corrected chi connectivity index (χ3v) is 2.24. The Morgan fingerprint density at radius 3 is 3.00 bits per heavy atom. The number of anilines is 1. The molecule has 0 spiro atoms. The number of aromatic amines is 1. The monoisotopic (exact) mass is 209 g/mol. The van der Waals surface area contributed by atoms with Crippen LogP contribution in [0.5, 0.6) is 0 Å². The third kappa shape index (κ3) is 1.77. The first-order valence-electron chi connectivity index (χ1n) is 3.85. The van der Waals surface area contributed by atoms with Gasteiger partial charge in [-0.25, -0.2) is 4.98 Å². The van der Waals surface area contributed by atoms with Crippen molar-refractivity contribution in [2.45, 2.75) is 6.92 Å². The topological polar surface area (TPSA) is 83.6 Å². The van der Waals surface area contributed by atoms with E-state index in [0.717, 1.165) is 5.01 Å². The summed E-state index contributed by atoms with van der Waals surface area (Å²) in [6.07, 6.45) is 2.89. The molecule has 1 amide bonds. The van der Waals surface area contributed by atoms with Gasteiger partial charge in [-0.15, -0.1) is 10.2 Å². The Balaban J connectivity index is 2.09. The van der Waals surface area contributed by atoms with Gasteiger partial charge < -0.3 is 4.98 Å². The number of hydrogen-bond acceptors (Lipinski definition) is 5. The highest BCUT2D eigenvalue weighted by Gasteiger charge is 2.09. The number of aromatic nitrogens is 4. The third-order valence-electron chi connectivity index (χ3n) is 1.49. The summed E-state index contributed by atoms with van der Waals surface area (Å²) < 4.78 is 0. The summed E-state index contributed by atoms with van der Waals surface area (Å²) in [5.74, 6) is -0.265. The summed E-state index contributed by atoms with van der Waals surface area (Å²) >= 11 is 1.32. The van der Waals surface area contributed by atoms with Crippen molar-refractivity contribution in [1.82, 2.24) is 20.2 Å². The van der Waals surface area contributed by atoms with Crippen molar-refractivity contribution in [3.05, 3.63) is 23.2 Å². The first-order chi connectivity index (χ1) is 6.75. The lowest BCUT2D eigenvalue weighted by molar-refractivity contribution is 0.102. The van der Waals surface area contributed by atoms with Gasteiger partial charge in [-0.05, 0) is 6.92 Å². The molecule has 7 heteroatoms. The van der Waals surface area contributed by atoms with Crippen molar-refractivity contribution in [2.75, 3.05) is 5.32 Å². The molecule has 2 rings (SSSR count). The molecule has 0 aliphatic rings. The summed E-state index contributed by atoms with van der Waals surface area (Å²) in [5, 5.41) is 11.4. The standard InChI is InChI=1S/C7H7N5OS/c1-4-11-12-7(14-4)10-6(13)5-2-8-3-9-5/h2-3H,1H3,(H,8,9)(H,10,12,13). The molecule has 0 aromatic carbocycles. The van der Waals surface area contributed by atoms with Crippen LogP contribution in [0.1, 0.15) is 15.5 Å². The van der Waals surface area contributed by atoms with E-state index in [9.17, 15) is 4.79 Å². The molecule has 0 saturated carbocycles. The van der Waals surface area contributed by atoms with Crippen LogP contribution >= 0.6 is 11.3 Å².